The number of hydrogen-bond acceptors (Lipinski definition) is 3. The normalized spacial score (nSPS) is 17.2. The average Bonchev–Trinajstić information content (AvgIpc) is 2.44. The Bertz CT molecular complexity index is 301. The van der Waals surface area contributed by atoms with E-state index in [9.17, 15) is 9.59 Å². The summed E-state index contributed by atoms with van der Waals surface area (Å²) >= 11 is 0. The molecule has 6 heteroatoms. The molecule has 1 rings (SSSR count). The number of nitrogens with one attached hydrogen (secondary N) is 1. The predicted molar refractivity (Wildman–Crippen MR) is 74.7 cm³/mol. The highest BCUT2D eigenvalue weighted by Gasteiger charge is 2.23. The summed E-state index contributed by atoms with van der Waals surface area (Å²) in [6.45, 7) is 7.71. The summed E-state index contributed by atoms with van der Waals surface area (Å²) < 4.78 is 0. The number of rotatable bonds is 5. The first-order valence-electron chi connectivity index (χ1n) is 7.09. The van der Waals surface area contributed by atoms with Crippen molar-refractivity contribution in [2.24, 2.45) is 11.7 Å². The minimum Gasteiger partial charge on any atom is -0.339 e. The molecule has 1 unspecified atom stereocenters. The van der Waals surface area contributed by atoms with E-state index in [1.807, 2.05) is 11.8 Å². The Morgan fingerprint density at radius 3 is 2.32 bits per heavy atom. The van der Waals surface area contributed by atoms with Crippen LogP contribution in [0.2, 0.25) is 0 Å². The molecule has 110 valence electrons. The maximum absolute atomic E-state index is 12.0. The molecule has 0 bridgehead atoms. The number of amides is 3. The number of nitrogens with two attached hydrogens (primary N) is 1. The van der Waals surface area contributed by atoms with Crippen LogP contribution in [0.25, 0.3) is 0 Å². The molecule has 0 radical (unpaired) electrons. The van der Waals surface area contributed by atoms with Crippen LogP contribution in [0.15, 0.2) is 0 Å². The number of carbonyl (C=O) groups excluding carboxylic acids is 2. The summed E-state index contributed by atoms with van der Waals surface area (Å²) in [6, 6.07) is -0.0358. The molecule has 1 heterocycles. The molecule has 0 aromatic rings. The molecule has 1 aliphatic rings. The van der Waals surface area contributed by atoms with Crippen LogP contribution in [0, 0.1) is 5.92 Å². The third kappa shape index (κ3) is 5.06. The van der Waals surface area contributed by atoms with Gasteiger partial charge in [0.05, 0.1) is 0 Å². The Morgan fingerprint density at radius 2 is 1.79 bits per heavy atom. The molecule has 1 saturated heterocycles. The van der Waals surface area contributed by atoms with Gasteiger partial charge >= 0.3 is 6.03 Å². The topological polar surface area (TPSA) is 78.7 Å². The molecule has 19 heavy (non-hydrogen) atoms. The van der Waals surface area contributed by atoms with Crippen molar-refractivity contribution in [1.82, 2.24) is 15.1 Å². The second-order valence-corrected chi connectivity index (χ2v) is 5.08. The average molecular weight is 270 g/mol. The molecular weight excluding hydrogens is 244 g/mol. The van der Waals surface area contributed by atoms with E-state index >= 15 is 0 Å². The number of piperazine rings is 1. The highest BCUT2D eigenvalue weighted by molar-refractivity contribution is 5.77. The van der Waals surface area contributed by atoms with E-state index in [4.69, 9.17) is 5.73 Å². The minimum atomic E-state index is -0.0358. The van der Waals surface area contributed by atoms with Gasteiger partial charge in [0.15, 0.2) is 0 Å². The Morgan fingerprint density at radius 1 is 1.21 bits per heavy atom. The molecule has 1 fully saturated rings. The molecule has 0 saturated carbocycles. The van der Waals surface area contributed by atoms with Gasteiger partial charge in [-0.15, -0.1) is 0 Å². The van der Waals surface area contributed by atoms with Crippen LogP contribution in [-0.4, -0.2) is 61.0 Å². The second-order valence-electron chi connectivity index (χ2n) is 5.08. The van der Waals surface area contributed by atoms with Crippen molar-refractivity contribution in [3.8, 4) is 0 Å². The van der Waals surface area contributed by atoms with Crippen molar-refractivity contribution in [2.75, 3.05) is 39.3 Å². The molecule has 0 aromatic heterocycles. The fourth-order valence-electron chi connectivity index (χ4n) is 2.07. The zero-order chi connectivity index (χ0) is 14.3. The van der Waals surface area contributed by atoms with Crippen LogP contribution in [-0.2, 0) is 4.79 Å². The van der Waals surface area contributed by atoms with Crippen molar-refractivity contribution in [2.45, 2.75) is 26.7 Å². The SMILES string of the molecule is CCNC(=O)N1CCN(C(=O)CCC(C)CN)CC1. The van der Waals surface area contributed by atoms with E-state index in [1.165, 1.54) is 0 Å². The van der Waals surface area contributed by atoms with E-state index < -0.39 is 0 Å². The molecule has 0 spiro atoms. The van der Waals surface area contributed by atoms with Crippen LogP contribution in [0.3, 0.4) is 0 Å². The van der Waals surface area contributed by atoms with Gasteiger partial charge < -0.3 is 20.9 Å². The van der Waals surface area contributed by atoms with Gasteiger partial charge in [-0.2, -0.15) is 0 Å². The monoisotopic (exact) mass is 270 g/mol. The molecule has 6 nitrogen and oxygen atoms in total. The first-order valence-corrected chi connectivity index (χ1v) is 7.09. The lowest BCUT2D eigenvalue weighted by Crippen LogP contribution is -2.53. The van der Waals surface area contributed by atoms with Crippen LogP contribution < -0.4 is 11.1 Å². The molecule has 1 atom stereocenters. The highest BCUT2D eigenvalue weighted by Crippen LogP contribution is 2.09. The van der Waals surface area contributed by atoms with Crippen molar-refractivity contribution in [3.05, 3.63) is 0 Å². The van der Waals surface area contributed by atoms with Gasteiger partial charge in [0.25, 0.3) is 0 Å². The van der Waals surface area contributed by atoms with Gasteiger partial charge in [0.2, 0.25) is 5.91 Å². The maximum Gasteiger partial charge on any atom is 0.317 e. The molecule has 3 N–H and O–H groups in total. The third-order valence-electron chi connectivity index (χ3n) is 3.50. The lowest BCUT2D eigenvalue weighted by Gasteiger charge is -2.34. The number of carbonyl (C=O) groups is 2. The summed E-state index contributed by atoms with van der Waals surface area (Å²) in [5, 5.41) is 2.78. The molecule has 1 aliphatic heterocycles. The lowest BCUT2D eigenvalue weighted by molar-refractivity contribution is -0.132. The Hall–Kier alpha value is -1.30. The lowest BCUT2D eigenvalue weighted by atomic mass is 10.1. The summed E-state index contributed by atoms with van der Waals surface area (Å²) in [6.07, 6.45) is 1.39. The smallest absolute Gasteiger partial charge is 0.317 e. The van der Waals surface area contributed by atoms with E-state index in [2.05, 4.69) is 12.2 Å². The summed E-state index contributed by atoms with van der Waals surface area (Å²) in [5.41, 5.74) is 5.54. The van der Waals surface area contributed by atoms with E-state index in [-0.39, 0.29) is 11.9 Å². The zero-order valence-corrected chi connectivity index (χ0v) is 12.0. The zero-order valence-electron chi connectivity index (χ0n) is 12.0. The van der Waals surface area contributed by atoms with E-state index in [0.717, 1.165) is 6.42 Å². The Kier molecular flexibility index (Phi) is 6.62. The van der Waals surface area contributed by atoms with Gasteiger partial charge in [-0.25, -0.2) is 4.79 Å². The van der Waals surface area contributed by atoms with Crippen molar-refractivity contribution in [3.63, 3.8) is 0 Å². The summed E-state index contributed by atoms with van der Waals surface area (Å²) in [5.74, 6) is 0.566. The number of hydrogen-bond donors (Lipinski definition) is 2. The van der Waals surface area contributed by atoms with Crippen molar-refractivity contribution >= 4 is 11.9 Å². The van der Waals surface area contributed by atoms with Crippen molar-refractivity contribution in [1.29, 1.82) is 0 Å². The van der Waals surface area contributed by atoms with E-state index in [0.29, 0.717) is 51.6 Å². The van der Waals surface area contributed by atoms with Gasteiger partial charge in [0.1, 0.15) is 0 Å². The second kappa shape index (κ2) is 7.99. The molecule has 3 amide bonds. The minimum absolute atomic E-state index is 0.0358. The first-order chi connectivity index (χ1) is 9.08. The van der Waals surface area contributed by atoms with Crippen LogP contribution in [0.4, 0.5) is 4.79 Å². The Balaban J connectivity index is 2.29. The standard InChI is InChI=1S/C13H26N4O2/c1-3-15-13(19)17-8-6-16(7-9-17)12(18)5-4-11(2)10-14/h11H,3-10,14H2,1-2H3,(H,15,19). The molecule has 0 aromatic carbocycles. The van der Waals surface area contributed by atoms with Crippen LogP contribution >= 0.6 is 0 Å². The van der Waals surface area contributed by atoms with E-state index in [1.54, 1.807) is 4.90 Å². The number of nitrogens with zero attached hydrogens (tertiary/aromatic N) is 2. The maximum atomic E-state index is 12.0. The number of urea groups is 1. The summed E-state index contributed by atoms with van der Waals surface area (Å²) in [4.78, 5) is 27.2. The largest absolute Gasteiger partial charge is 0.339 e. The highest BCUT2D eigenvalue weighted by atomic mass is 16.2. The quantitative estimate of drug-likeness (QED) is 0.751. The van der Waals surface area contributed by atoms with Gasteiger partial charge in [-0.05, 0) is 25.8 Å². The van der Waals surface area contributed by atoms with Crippen LogP contribution in [0.1, 0.15) is 26.7 Å². The summed E-state index contributed by atoms with van der Waals surface area (Å²) in [7, 11) is 0. The van der Waals surface area contributed by atoms with Gasteiger partial charge in [-0.1, -0.05) is 6.92 Å². The molecular formula is C13H26N4O2. The van der Waals surface area contributed by atoms with Crippen molar-refractivity contribution < 1.29 is 9.59 Å². The first kappa shape index (κ1) is 15.8. The fourth-order valence-corrected chi connectivity index (χ4v) is 2.07. The predicted octanol–water partition coefficient (Wildman–Crippen LogP) is 0.235. The van der Waals surface area contributed by atoms with Gasteiger partial charge in [0, 0.05) is 39.1 Å². The van der Waals surface area contributed by atoms with Crippen LogP contribution in [0.5, 0.6) is 0 Å². The fraction of sp³-hybridized carbons (Fsp3) is 0.846. The van der Waals surface area contributed by atoms with Gasteiger partial charge in [-0.3, -0.25) is 4.79 Å². The Labute approximate surface area is 115 Å². The molecule has 0 aliphatic carbocycles. The third-order valence-corrected chi connectivity index (χ3v) is 3.50.